The number of aliphatic carboxylic acids is 1. The van der Waals surface area contributed by atoms with E-state index in [4.69, 9.17) is 10.8 Å². The van der Waals surface area contributed by atoms with Crippen molar-refractivity contribution in [3.63, 3.8) is 0 Å². The molecule has 3 rings (SSSR count). The largest absolute Gasteiger partial charge is 0.480 e. The van der Waals surface area contributed by atoms with Crippen molar-refractivity contribution < 1.29 is 29.4 Å². The first-order valence-electron chi connectivity index (χ1n) is 11.2. The standard InChI is InChI=1S/C23H29N7O6/c1-12(28-22(34)18(7-14-9-25-11-27-14)29-21(33)16(24)10-31)20(32)30-19(23(35)36)6-13-8-26-17-5-3-2-4-15(13)17/h2-5,8-9,11-12,16,18-19,26,31H,6-7,10,24H2,1H3,(H,25,27)(H,28,34)(H,29,33)(H,30,32)(H,35,36). The molecule has 36 heavy (non-hydrogen) atoms. The number of fused-ring (bicyclic) bond motifs is 1. The quantitative estimate of drug-likeness (QED) is 0.147. The molecule has 0 radical (unpaired) electrons. The van der Waals surface area contributed by atoms with Gasteiger partial charge in [0.05, 0.1) is 12.9 Å². The maximum absolute atomic E-state index is 12.9. The minimum absolute atomic E-state index is 0.0162. The van der Waals surface area contributed by atoms with Crippen LogP contribution in [0, 0.1) is 0 Å². The van der Waals surface area contributed by atoms with Crippen LogP contribution < -0.4 is 21.7 Å². The molecule has 3 aromatic rings. The molecule has 0 aliphatic heterocycles. The number of aliphatic hydroxyl groups excluding tert-OH is 1. The molecule has 9 N–H and O–H groups in total. The lowest BCUT2D eigenvalue weighted by Crippen LogP contribution is -2.57. The highest BCUT2D eigenvalue weighted by molar-refractivity contribution is 5.94. The summed E-state index contributed by atoms with van der Waals surface area (Å²) in [5.41, 5.74) is 7.62. The van der Waals surface area contributed by atoms with Crippen molar-refractivity contribution >= 4 is 34.6 Å². The lowest BCUT2D eigenvalue weighted by atomic mass is 10.0. The van der Waals surface area contributed by atoms with Crippen molar-refractivity contribution in [2.24, 2.45) is 5.73 Å². The van der Waals surface area contributed by atoms with Crippen LogP contribution in [-0.4, -0.2) is 79.6 Å². The summed E-state index contributed by atoms with van der Waals surface area (Å²) < 4.78 is 0. The molecule has 2 aromatic heterocycles. The van der Waals surface area contributed by atoms with Crippen molar-refractivity contribution in [1.82, 2.24) is 30.9 Å². The number of amides is 3. The van der Waals surface area contributed by atoms with E-state index in [1.807, 2.05) is 24.3 Å². The van der Waals surface area contributed by atoms with Crippen LogP contribution in [0.4, 0.5) is 0 Å². The number of carboxylic acids is 1. The zero-order valence-corrected chi connectivity index (χ0v) is 19.5. The second-order valence-electron chi connectivity index (χ2n) is 8.32. The van der Waals surface area contributed by atoms with Gasteiger partial charge in [-0.05, 0) is 18.6 Å². The number of aromatic amines is 2. The molecule has 192 valence electrons. The van der Waals surface area contributed by atoms with Gasteiger partial charge in [0, 0.05) is 41.8 Å². The summed E-state index contributed by atoms with van der Waals surface area (Å²) in [6.45, 7) is 0.780. The number of carboxylic acid groups (broad SMARTS) is 1. The molecule has 0 saturated carbocycles. The maximum Gasteiger partial charge on any atom is 0.326 e. The Balaban J connectivity index is 1.65. The first-order chi connectivity index (χ1) is 17.2. The number of nitrogens with one attached hydrogen (secondary N) is 5. The van der Waals surface area contributed by atoms with Gasteiger partial charge in [-0.3, -0.25) is 14.4 Å². The second kappa shape index (κ2) is 12.0. The number of aromatic nitrogens is 3. The molecule has 0 bridgehead atoms. The lowest BCUT2D eigenvalue weighted by Gasteiger charge is -2.23. The van der Waals surface area contributed by atoms with E-state index >= 15 is 0 Å². The fourth-order valence-corrected chi connectivity index (χ4v) is 3.58. The number of H-pyrrole nitrogens is 2. The number of carbonyl (C=O) groups excluding carboxylic acids is 3. The predicted molar refractivity (Wildman–Crippen MR) is 128 cm³/mol. The zero-order chi connectivity index (χ0) is 26.2. The molecule has 3 amide bonds. The molecule has 4 unspecified atom stereocenters. The predicted octanol–water partition coefficient (Wildman–Crippen LogP) is -1.45. The molecular formula is C23H29N7O6. The second-order valence-corrected chi connectivity index (χ2v) is 8.32. The van der Waals surface area contributed by atoms with Crippen LogP contribution in [0.15, 0.2) is 43.0 Å². The Morgan fingerprint density at radius 2 is 1.72 bits per heavy atom. The van der Waals surface area contributed by atoms with Crippen molar-refractivity contribution in [2.75, 3.05) is 6.61 Å². The van der Waals surface area contributed by atoms with Gasteiger partial charge in [-0.25, -0.2) is 9.78 Å². The molecule has 0 saturated heterocycles. The number of imidazole rings is 1. The monoisotopic (exact) mass is 499 g/mol. The van der Waals surface area contributed by atoms with Crippen LogP contribution in [0.25, 0.3) is 10.9 Å². The Kier molecular flexibility index (Phi) is 8.76. The lowest BCUT2D eigenvalue weighted by molar-refractivity contribution is -0.142. The molecule has 2 heterocycles. The topological polar surface area (TPSA) is 215 Å². The number of aliphatic hydroxyl groups is 1. The van der Waals surface area contributed by atoms with Crippen LogP contribution >= 0.6 is 0 Å². The number of nitrogens with zero attached hydrogens (tertiary/aromatic N) is 1. The van der Waals surface area contributed by atoms with E-state index in [0.29, 0.717) is 5.69 Å². The number of hydrogen-bond donors (Lipinski definition) is 8. The molecule has 0 aliphatic rings. The summed E-state index contributed by atoms with van der Waals surface area (Å²) in [4.78, 5) is 59.4. The van der Waals surface area contributed by atoms with E-state index in [0.717, 1.165) is 16.5 Å². The van der Waals surface area contributed by atoms with Gasteiger partial charge in [0.1, 0.15) is 24.2 Å². The summed E-state index contributed by atoms with van der Waals surface area (Å²) in [5.74, 6) is -3.39. The molecule has 4 atom stereocenters. The Hall–Kier alpha value is -4.23. The first-order valence-corrected chi connectivity index (χ1v) is 11.2. The highest BCUT2D eigenvalue weighted by Gasteiger charge is 2.29. The zero-order valence-electron chi connectivity index (χ0n) is 19.5. The van der Waals surface area contributed by atoms with E-state index in [-0.39, 0.29) is 12.8 Å². The van der Waals surface area contributed by atoms with Crippen molar-refractivity contribution in [1.29, 1.82) is 0 Å². The Morgan fingerprint density at radius 3 is 2.39 bits per heavy atom. The Labute approximate surface area is 205 Å². The van der Waals surface area contributed by atoms with Crippen LogP contribution in [0.1, 0.15) is 18.2 Å². The first kappa shape index (κ1) is 26.4. The minimum Gasteiger partial charge on any atom is -0.480 e. The fourth-order valence-electron chi connectivity index (χ4n) is 3.58. The summed E-state index contributed by atoms with van der Waals surface area (Å²) >= 11 is 0. The molecular weight excluding hydrogens is 470 g/mol. The normalized spacial score (nSPS) is 14.4. The number of benzene rings is 1. The average Bonchev–Trinajstić information content (AvgIpc) is 3.52. The van der Waals surface area contributed by atoms with Crippen LogP contribution in [-0.2, 0) is 32.0 Å². The highest BCUT2D eigenvalue weighted by Crippen LogP contribution is 2.19. The van der Waals surface area contributed by atoms with E-state index in [9.17, 15) is 24.3 Å². The molecule has 0 aliphatic carbocycles. The smallest absolute Gasteiger partial charge is 0.326 e. The van der Waals surface area contributed by atoms with Gasteiger partial charge in [0.2, 0.25) is 17.7 Å². The molecule has 1 aromatic carbocycles. The Morgan fingerprint density at radius 1 is 1.00 bits per heavy atom. The number of carbonyl (C=O) groups is 4. The summed E-state index contributed by atoms with van der Waals surface area (Å²) in [5, 5.41) is 27.0. The molecule has 13 heteroatoms. The number of para-hydroxylation sites is 1. The summed E-state index contributed by atoms with van der Waals surface area (Å²) in [6.07, 6.45) is 4.61. The van der Waals surface area contributed by atoms with Crippen molar-refractivity contribution in [2.45, 2.75) is 43.9 Å². The fraction of sp³-hybridized carbons (Fsp3) is 0.348. The van der Waals surface area contributed by atoms with Crippen LogP contribution in [0.2, 0.25) is 0 Å². The van der Waals surface area contributed by atoms with Gasteiger partial charge in [0.25, 0.3) is 0 Å². The third-order valence-electron chi connectivity index (χ3n) is 5.61. The molecule has 0 spiro atoms. The number of hydrogen-bond acceptors (Lipinski definition) is 7. The van der Waals surface area contributed by atoms with Gasteiger partial charge >= 0.3 is 5.97 Å². The maximum atomic E-state index is 12.9. The van der Waals surface area contributed by atoms with E-state index < -0.39 is 54.5 Å². The number of nitrogens with two attached hydrogens (primary N) is 1. The van der Waals surface area contributed by atoms with Gasteiger partial charge in [-0.2, -0.15) is 0 Å². The minimum atomic E-state index is -1.24. The van der Waals surface area contributed by atoms with Crippen molar-refractivity contribution in [3.8, 4) is 0 Å². The Bertz CT molecular complexity index is 1210. The third-order valence-corrected chi connectivity index (χ3v) is 5.61. The SMILES string of the molecule is CC(NC(=O)C(Cc1cnc[nH]1)NC(=O)C(N)CO)C(=O)NC(Cc1c[nH]c2ccccc12)C(=O)O. The molecule has 0 fully saturated rings. The highest BCUT2D eigenvalue weighted by atomic mass is 16.4. The van der Waals surface area contributed by atoms with E-state index in [2.05, 4.69) is 30.9 Å². The van der Waals surface area contributed by atoms with Crippen molar-refractivity contribution in [3.05, 3.63) is 54.2 Å². The third kappa shape index (κ3) is 6.67. The molecule has 13 nitrogen and oxygen atoms in total. The van der Waals surface area contributed by atoms with Gasteiger partial charge in [-0.1, -0.05) is 18.2 Å². The summed E-state index contributed by atoms with van der Waals surface area (Å²) in [7, 11) is 0. The number of rotatable bonds is 12. The van der Waals surface area contributed by atoms with E-state index in [1.165, 1.54) is 19.4 Å². The van der Waals surface area contributed by atoms with Gasteiger partial charge < -0.3 is 41.9 Å². The summed E-state index contributed by atoms with van der Waals surface area (Å²) in [6, 6.07) is 2.67. The van der Waals surface area contributed by atoms with Gasteiger partial charge in [-0.15, -0.1) is 0 Å². The average molecular weight is 500 g/mol. The van der Waals surface area contributed by atoms with E-state index in [1.54, 1.807) is 6.20 Å². The van der Waals surface area contributed by atoms with Crippen LogP contribution in [0.5, 0.6) is 0 Å². The van der Waals surface area contributed by atoms with Crippen LogP contribution in [0.3, 0.4) is 0 Å². The van der Waals surface area contributed by atoms with Gasteiger partial charge in [0.15, 0.2) is 0 Å².